The van der Waals surface area contributed by atoms with Crippen molar-refractivity contribution in [1.82, 2.24) is 20.3 Å². The molecule has 2 aliphatic rings. The molecule has 0 saturated carbocycles. The van der Waals surface area contributed by atoms with Crippen molar-refractivity contribution in [3.05, 3.63) is 53.4 Å². The molecule has 5 rings (SSSR count). The smallest absolute Gasteiger partial charge is 0.253 e. The first kappa shape index (κ1) is 16.1. The molecule has 2 aliphatic heterocycles. The van der Waals surface area contributed by atoms with Crippen LogP contribution >= 0.6 is 0 Å². The molecule has 0 spiro atoms. The number of benzene rings is 1. The number of amides is 1. The molecule has 2 aromatic heterocycles. The van der Waals surface area contributed by atoms with E-state index in [-0.39, 0.29) is 11.8 Å². The van der Waals surface area contributed by atoms with E-state index in [9.17, 15) is 4.79 Å². The van der Waals surface area contributed by atoms with E-state index < -0.39 is 0 Å². The maximum Gasteiger partial charge on any atom is 0.253 e. The molecule has 1 unspecified atom stereocenters. The SMILES string of the molecule is Cc1nc2cccc3c2nc1N(C)CC=CCC1CNC(=O)c2cc-3[nH]c21. The minimum Gasteiger partial charge on any atom is -0.357 e. The summed E-state index contributed by atoms with van der Waals surface area (Å²) in [6.07, 6.45) is 5.23. The predicted octanol–water partition coefficient (Wildman–Crippen LogP) is 3.16. The fraction of sp³-hybridized carbons (Fsp3) is 0.286. The van der Waals surface area contributed by atoms with E-state index in [4.69, 9.17) is 9.97 Å². The van der Waals surface area contributed by atoms with Gasteiger partial charge in [-0.2, -0.15) is 0 Å². The number of nitrogens with zero attached hydrogens (tertiary/aromatic N) is 3. The van der Waals surface area contributed by atoms with E-state index in [0.29, 0.717) is 6.54 Å². The highest BCUT2D eigenvalue weighted by Gasteiger charge is 2.28. The first-order chi connectivity index (χ1) is 13.1. The summed E-state index contributed by atoms with van der Waals surface area (Å²) in [6, 6.07) is 7.97. The number of aromatic amines is 1. The molecule has 6 nitrogen and oxygen atoms in total. The predicted molar refractivity (Wildman–Crippen MR) is 106 cm³/mol. The number of carbonyl (C=O) groups excluding carboxylic acids is 1. The molecule has 0 fully saturated rings. The Kier molecular flexibility index (Phi) is 3.53. The van der Waals surface area contributed by atoms with Crippen LogP contribution in [0.1, 0.15) is 34.1 Å². The van der Waals surface area contributed by atoms with Crippen LogP contribution in [0, 0.1) is 6.92 Å². The summed E-state index contributed by atoms with van der Waals surface area (Å²) in [5, 5.41) is 3.01. The van der Waals surface area contributed by atoms with Crippen molar-refractivity contribution in [3.63, 3.8) is 0 Å². The fourth-order valence-corrected chi connectivity index (χ4v) is 4.05. The molecule has 27 heavy (non-hydrogen) atoms. The van der Waals surface area contributed by atoms with Gasteiger partial charge in [0.1, 0.15) is 5.52 Å². The molecule has 3 aromatic rings. The number of fused-ring (bicyclic) bond motifs is 3. The van der Waals surface area contributed by atoms with E-state index >= 15 is 0 Å². The molecule has 1 aromatic carbocycles. The molecular weight excluding hydrogens is 338 g/mol. The molecule has 136 valence electrons. The summed E-state index contributed by atoms with van der Waals surface area (Å²) in [5.74, 6) is 1.12. The van der Waals surface area contributed by atoms with Gasteiger partial charge in [-0.25, -0.2) is 9.97 Å². The number of aryl methyl sites for hydroxylation is 1. The van der Waals surface area contributed by atoms with Crippen LogP contribution in [0.4, 0.5) is 5.82 Å². The van der Waals surface area contributed by atoms with Crippen LogP contribution in [0.2, 0.25) is 0 Å². The van der Waals surface area contributed by atoms with Gasteiger partial charge in [-0.1, -0.05) is 24.3 Å². The Labute approximate surface area is 157 Å². The van der Waals surface area contributed by atoms with Crippen molar-refractivity contribution in [2.75, 3.05) is 25.0 Å². The highest BCUT2D eigenvalue weighted by molar-refractivity contribution is 6.00. The number of nitrogens with one attached hydrogen (secondary N) is 2. The van der Waals surface area contributed by atoms with Crippen LogP contribution in [0.5, 0.6) is 0 Å². The van der Waals surface area contributed by atoms with Gasteiger partial charge in [0, 0.05) is 43.0 Å². The number of para-hydroxylation sites is 1. The lowest BCUT2D eigenvalue weighted by molar-refractivity contribution is 0.0940. The first-order valence-corrected chi connectivity index (χ1v) is 9.27. The molecule has 0 radical (unpaired) electrons. The molecule has 6 heteroatoms. The van der Waals surface area contributed by atoms with Crippen LogP contribution in [-0.2, 0) is 0 Å². The molecule has 1 amide bonds. The number of hydrogen-bond acceptors (Lipinski definition) is 4. The number of H-pyrrole nitrogens is 1. The van der Waals surface area contributed by atoms with Crippen molar-refractivity contribution in [1.29, 1.82) is 0 Å². The van der Waals surface area contributed by atoms with Crippen LogP contribution in [-0.4, -0.2) is 41.0 Å². The second kappa shape index (κ2) is 5.94. The zero-order valence-electron chi connectivity index (χ0n) is 15.4. The highest BCUT2D eigenvalue weighted by Crippen LogP contribution is 2.34. The molecule has 0 saturated heterocycles. The number of aromatic nitrogens is 3. The Morgan fingerprint density at radius 3 is 2.96 bits per heavy atom. The Morgan fingerprint density at radius 1 is 1.19 bits per heavy atom. The zero-order valence-corrected chi connectivity index (χ0v) is 15.4. The lowest BCUT2D eigenvalue weighted by Gasteiger charge is -2.22. The third kappa shape index (κ3) is 2.51. The third-order valence-corrected chi connectivity index (χ3v) is 5.47. The van der Waals surface area contributed by atoms with Crippen molar-refractivity contribution in [3.8, 4) is 11.3 Å². The van der Waals surface area contributed by atoms with Gasteiger partial charge in [0.15, 0.2) is 5.82 Å². The van der Waals surface area contributed by atoms with Gasteiger partial charge < -0.3 is 15.2 Å². The van der Waals surface area contributed by atoms with Gasteiger partial charge in [0.2, 0.25) is 0 Å². The standard InChI is InChI=1S/C21H21N5O/c1-12-20-25-19-14(7-5-8-16(19)23-12)17-10-15-18(24-17)13(11-22-21(15)27)6-3-4-9-26(20)2/h3-5,7-8,10,13,24H,6,9,11H2,1-2H3,(H,22,27). The maximum atomic E-state index is 12.4. The molecule has 1 atom stereocenters. The minimum absolute atomic E-state index is 0.0117. The number of likely N-dealkylation sites (N-methyl/N-ethyl adjacent to an activating group) is 1. The summed E-state index contributed by atoms with van der Waals surface area (Å²) in [4.78, 5) is 27.8. The summed E-state index contributed by atoms with van der Waals surface area (Å²) < 4.78 is 0. The average Bonchev–Trinajstić information content (AvgIpc) is 3.11. The summed E-state index contributed by atoms with van der Waals surface area (Å²) in [6.45, 7) is 3.42. The van der Waals surface area contributed by atoms with Crippen LogP contribution in [0.25, 0.3) is 22.3 Å². The van der Waals surface area contributed by atoms with Crippen molar-refractivity contribution >= 4 is 22.8 Å². The van der Waals surface area contributed by atoms with E-state index in [1.165, 1.54) is 0 Å². The third-order valence-electron chi connectivity index (χ3n) is 5.47. The summed E-state index contributed by atoms with van der Waals surface area (Å²) in [7, 11) is 2.04. The molecule has 0 aliphatic carbocycles. The molecule has 4 bridgehead atoms. The number of rotatable bonds is 0. The van der Waals surface area contributed by atoms with Gasteiger partial charge in [-0.05, 0) is 25.5 Å². The second-order valence-corrected chi connectivity index (χ2v) is 7.31. The van der Waals surface area contributed by atoms with E-state index in [1.807, 2.05) is 38.2 Å². The molecule has 2 N–H and O–H groups in total. The van der Waals surface area contributed by atoms with Gasteiger partial charge >= 0.3 is 0 Å². The lowest BCUT2D eigenvalue weighted by Crippen LogP contribution is -2.34. The van der Waals surface area contributed by atoms with E-state index in [0.717, 1.165) is 58.0 Å². The summed E-state index contributed by atoms with van der Waals surface area (Å²) >= 11 is 0. The van der Waals surface area contributed by atoms with Crippen molar-refractivity contribution in [2.45, 2.75) is 19.3 Å². The Hall–Kier alpha value is -3.15. The number of allylic oxidation sites excluding steroid dienone is 1. The second-order valence-electron chi connectivity index (χ2n) is 7.31. The van der Waals surface area contributed by atoms with Crippen LogP contribution < -0.4 is 10.2 Å². The number of anilines is 1. The van der Waals surface area contributed by atoms with Crippen molar-refractivity contribution in [2.24, 2.45) is 0 Å². The highest BCUT2D eigenvalue weighted by atomic mass is 16.1. The lowest BCUT2D eigenvalue weighted by atomic mass is 9.94. The summed E-state index contributed by atoms with van der Waals surface area (Å²) in [5.41, 5.74) is 6.27. The Bertz CT molecular complexity index is 1100. The van der Waals surface area contributed by atoms with Gasteiger partial charge in [0.25, 0.3) is 5.91 Å². The van der Waals surface area contributed by atoms with Gasteiger partial charge in [0.05, 0.1) is 16.8 Å². The largest absolute Gasteiger partial charge is 0.357 e. The quantitative estimate of drug-likeness (QED) is 0.605. The van der Waals surface area contributed by atoms with Crippen LogP contribution in [0.3, 0.4) is 0 Å². The Morgan fingerprint density at radius 2 is 2.07 bits per heavy atom. The number of hydrogen-bond donors (Lipinski definition) is 2. The topological polar surface area (TPSA) is 73.9 Å². The number of carbonyl (C=O) groups is 1. The molecular formula is C21H21N5O. The monoisotopic (exact) mass is 359 g/mol. The molecule has 4 heterocycles. The van der Waals surface area contributed by atoms with Gasteiger partial charge in [-0.15, -0.1) is 0 Å². The van der Waals surface area contributed by atoms with Crippen molar-refractivity contribution < 1.29 is 4.79 Å². The van der Waals surface area contributed by atoms with E-state index in [1.54, 1.807) is 0 Å². The normalized spacial score (nSPS) is 18.8. The maximum absolute atomic E-state index is 12.4. The minimum atomic E-state index is -0.0117. The van der Waals surface area contributed by atoms with E-state index in [2.05, 4.69) is 27.4 Å². The van der Waals surface area contributed by atoms with Crippen LogP contribution in [0.15, 0.2) is 36.4 Å². The zero-order chi connectivity index (χ0) is 18.5. The fourth-order valence-electron chi connectivity index (χ4n) is 4.05. The first-order valence-electron chi connectivity index (χ1n) is 9.27. The Balaban J connectivity index is 1.81. The average molecular weight is 359 g/mol. The van der Waals surface area contributed by atoms with Gasteiger partial charge in [-0.3, -0.25) is 4.79 Å².